The number of allylic oxidation sites excluding steroid dienone is 4. The lowest BCUT2D eigenvalue weighted by molar-refractivity contribution is -0.116. The lowest BCUT2D eigenvalue weighted by Gasteiger charge is -2.38. The van der Waals surface area contributed by atoms with E-state index in [1.807, 2.05) is 0 Å². The molecule has 2 aromatic carbocycles. The molecule has 0 radical (unpaired) electrons. The molecule has 17 heteroatoms. The van der Waals surface area contributed by atoms with Crippen molar-refractivity contribution in [1.29, 1.82) is 0 Å². The van der Waals surface area contributed by atoms with Crippen LogP contribution in [0.25, 0.3) is 0 Å². The monoisotopic (exact) mass is 925 g/mol. The van der Waals surface area contributed by atoms with Crippen molar-refractivity contribution in [3.63, 3.8) is 0 Å². The molecule has 0 aromatic heterocycles. The van der Waals surface area contributed by atoms with E-state index in [4.69, 9.17) is 23.7 Å². The first-order valence-electron chi connectivity index (χ1n) is 22.2. The van der Waals surface area contributed by atoms with E-state index in [1.54, 1.807) is 69.0 Å². The van der Waals surface area contributed by atoms with Gasteiger partial charge < -0.3 is 59.6 Å². The van der Waals surface area contributed by atoms with Crippen LogP contribution < -0.4 is 15.4 Å². The van der Waals surface area contributed by atoms with Crippen molar-refractivity contribution in [3.05, 3.63) is 105 Å². The van der Waals surface area contributed by atoms with Gasteiger partial charge in [0.25, 0.3) is 11.7 Å². The molecule has 5 aliphatic rings. The molecule has 9 atom stereocenters. The summed E-state index contributed by atoms with van der Waals surface area (Å²) in [5.41, 5.74) is -0.296. The Morgan fingerprint density at radius 1 is 0.970 bits per heavy atom. The van der Waals surface area contributed by atoms with Crippen LogP contribution in [0.15, 0.2) is 71.8 Å². The van der Waals surface area contributed by atoms with Crippen LogP contribution in [0.2, 0.25) is 0 Å². The molecule has 358 valence electrons. The van der Waals surface area contributed by atoms with Crippen molar-refractivity contribution in [3.8, 4) is 23.3 Å². The van der Waals surface area contributed by atoms with Crippen molar-refractivity contribution in [2.75, 3.05) is 40.0 Å². The number of aromatic hydroxyl groups is 1. The molecule has 0 saturated carbocycles. The number of morpholine rings is 1. The van der Waals surface area contributed by atoms with Gasteiger partial charge in [-0.15, -0.1) is 0 Å². The highest BCUT2D eigenvalue weighted by atomic mass is 16.7. The minimum Gasteiger partial charge on any atom is -0.507 e. The Morgan fingerprint density at radius 3 is 2.37 bits per heavy atom. The molecule has 2 aromatic rings. The van der Waals surface area contributed by atoms with Gasteiger partial charge >= 0.3 is 11.9 Å². The SMILES string of the molecule is CO[C@H]1C=CO[C@@]2(C)Oc3c(C)c(O)c4c(c3C2=O)C(=O)C(N2CCOCC2)=C(NC(=O)C(C)=CC=C[C@H](C)[C@H](O)[C@@H](C)[C@@H](O)[C@@H](C)[C@H](OC(=O)NCC#Cc2cccc(CO)c2)[C@@H]1C)C4=O. The number of Topliss-reactive ketones (excluding diaryl/α,β-unsaturated/α-hetero) is 3. The molecule has 1 saturated heterocycles. The van der Waals surface area contributed by atoms with Crippen LogP contribution in [-0.2, 0) is 30.3 Å². The van der Waals surface area contributed by atoms with E-state index >= 15 is 0 Å². The van der Waals surface area contributed by atoms with Crippen LogP contribution >= 0.6 is 0 Å². The number of phenolic OH excluding ortho intramolecular Hbond substituents is 1. The fourth-order valence-electron chi connectivity index (χ4n) is 8.75. The molecule has 17 nitrogen and oxygen atoms in total. The lowest BCUT2D eigenvalue weighted by Crippen LogP contribution is -2.47. The Kier molecular flexibility index (Phi) is 15.8. The van der Waals surface area contributed by atoms with Gasteiger partial charge in [0.05, 0.1) is 67.6 Å². The van der Waals surface area contributed by atoms with Gasteiger partial charge in [0, 0.05) is 67.5 Å². The number of ether oxygens (including phenoxy) is 5. The number of rotatable bonds is 5. The second-order valence-corrected chi connectivity index (χ2v) is 17.4. The van der Waals surface area contributed by atoms with Crippen LogP contribution in [0.5, 0.6) is 11.5 Å². The summed E-state index contributed by atoms with van der Waals surface area (Å²) in [6, 6.07) is 6.99. The Hall–Kier alpha value is -6.29. The van der Waals surface area contributed by atoms with E-state index in [1.165, 1.54) is 40.0 Å². The van der Waals surface area contributed by atoms with Crippen molar-refractivity contribution >= 4 is 29.4 Å². The van der Waals surface area contributed by atoms with Gasteiger partial charge in [-0.2, -0.15) is 0 Å². The van der Waals surface area contributed by atoms with E-state index in [0.717, 1.165) is 6.26 Å². The van der Waals surface area contributed by atoms with E-state index in [-0.39, 0.29) is 73.3 Å². The molecular weight excluding hydrogens is 867 g/mol. The number of methoxy groups -OCH3 is 1. The Balaban J connectivity index is 1.39. The highest BCUT2D eigenvalue weighted by Crippen LogP contribution is 2.49. The van der Waals surface area contributed by atoms with Gasteiger partial charge in [0.1, 0.15) is 29.0 Å². The largest absolute Gasteiger partial charge is 0.507 e. The summed E-state index contributed by atoms with van der Waals surface area (Å²) in [4.78, 5) is 72.6. The maximum atomic E-state index is 14.8. The summed E-state index contributed by atoms with van der Waals surface area (Å²) in [5, 5.41) is 49.6. The molecule has 4 heterocycles. The first-order valence-corrected chi connectivity index (χ1v) is 22.2. The van der Waals surface area contributed by atoms with E-state index < -0.39 is 100 Å². The van der Waals surface area contributed by atoms with Crippen LogP contribution in [0.1, 0.15) is 89.3 Å². The third kappa shape index (κ3) is 10.3. The number of nitrogens with one attached hydrogen (secondary N) is 2. The van der Waals surface area contributed by atoms with Gasteiger partial charge in [-0.25, -0.2) is 4.79 Å². The topological polar surface area (TPSA) is 240 Å². The number of carbonyl (C=O) groups is 5. The second-order valence-electron chi connectivity index (χ2n) is 17.4. The quantitative estimate of drug-likeness (QED) is 0.233. The standard InChI is InChI=1S/C50H59N3O14/c1-26-12-9-13-27(2)48(61)52-38-39(53-19-22-64-23-20-53)44(59)35-36(43(38)58)42(57)31(6)46-37(35)47(60)50(7,67-46)65-21-17-34(63-8)28(3)45(30(5)41(56)29(4)40(26)55)66-49(62)51-18-11-16-32-14-10-15-33(24-32)25-54/h9-10,12-15,17,21,24,26,28-30,34,40-41,45,54-57H,18-20,22-23,25H2,1-8H3,(H,51,62)(H,52,61)/t26-,28+,29+,30+,34-,40-,41+,45+,50-/m0/s1. The lowest BCUT2D eigenvalue weighted by atomic mass is 9.78. The third-order valence-corrected chi connectivity index (χ3v) is 12.9. The predicted molar refractivity (Wildman–Crippen MR) is 243 cm³/mol. The smallest absolute Gasteiger partial charge is 0.408 e. The summed E-state index contributed by atoms with van der Waals surface area (Å²) < 4.78 is 29.5. The molecular formula is C50H59N3O14. The average molecular weight is 926 g/mol. The summed E-state index contributed by atoms with van der Waals surface area (Å²) in [6.07, 6.45) is 2.07. The number of benzene rings is 2. The van der Waals surface area contributed by atoms with E-state index in [9.17, 15) is 44.4 Å². The summed E-state index contributed by atoms with van der Waals surface area (Å²) in [5.74, 6) is -3.29. The summed E-state index contributed by atoms with van der Waals surface area (Å²) in [6.45, 7) is 11.5. The number of nitrogens with zero attached hydrogens (tertiary/aromatic N) is 1. The molecule has 6 N–H and O–H groups in total. The van der Waals surface area contributed by atoms with Crippen molar-refractivity contribution in [1.82, 2.24) is 15.5 Å². The fourth-order valence-corrected chi connectivity index (χ4v) is 8.75. The molecule has 7 rings (SSSR count). The highest BCUT2D eigenvalue weighted by molar-refractivity contribution is 6.32. The number of amides is 2. The number of fused-ring (bicyclic) bond motifs is 14. The van der Waals surface area contributed by atoms with E-state index in [2.05, 4.69) is 22.5 Å². The zero-order chi connectivity index (χ0) is 48.9. The fraction of sp³-hybridized carbons (Fsp3) is 0.460. The average Bonchev–Trinajstić information content (AvgIpc) is 3.58. The number of ketones is 3. The van der Waals surface area contributed by atoms with Crippen molar-refractivity contribution in [2.24, 2.45) is 23.7 Å². The summed E-state index contributed by atoms with van der Waals surface area (Å²) in [7, 11) is 1.41. The highest BCUT2D eigenvalue weighted by Gasteiger charge is 2.53. The Bertz CT molecular complexity index is 2470. The van der Waals surface area contributed by atoms with Crippen LogP contribution in [-0.4, -0.2) is 125 Å². The van der Waals surface area contributed by atoms with Gasteiger partial charge in [-0.1, -0.05) is 69.9 Å². The Morgan fingerprint density at radius 2 is 1.69 bits per heavy atom. The van der Waals surface area contributed by atoms with Crippen LogP contribution in [0.4, 0.5) is 4.79 Å². The van der Waals surface area contributed by atoms with Gasteiger partial charge in [0.2, 0.25) is 11.6 Å². The van der Waals surface area contributed by atoms with Gasteiger partial charge in [0.15, 0.2) is 0 Å². The first kappa shape index (κ1) is 50.1. The minimum atomic E-state index is -2.13. The zero-order valence-electron chi connectivity index (χ0n) is 38.9. The third-order valence-electron chi connectivity index (χ3n) is 12.9. The van der Waals surface area contributed by atoms with Crippen LogP contribution in [0, 0.1) is 42.4 Å². The second kappa shape index (κ2) is 21.1. The van der Waals surface area contributed by atoms with Gasteiger partial charge in [-0.3, -0.25) is 19.2 Å². The molecule has 67 heavy (non-hydrogen) atoms. The molecule has 2 amide bonds. The molecule has 4 aliphatic heterocycles. The number of aliphatic hydroxyl groups excluding tert-OH is 3. The molecule has 1 fully saturated rings. The maximum absolute atomic E-state index is 14.8. The molecule has 5 bridgehead atoms. The number of aliphatic hydroxyl groups is 3. The zero-order valence-corrected chi connectivity index (χ0v) is 38.9. The number of phenols is 1. The predicted octanol–water partition coefficient (Wildman–Crippen LogP) is 4.00. The first-order chi connectivity index (χ1) is 31.8. The number of hydrogen-bond acceptors (Lipinski definition) is 15. The molecule has 0 spiro atoms. The molecule has 1 aliphatic carbocycles. The normalized spacial score (nSPS) is 28.2. The minimum absolute atomic E-state index is 0.0200. The molecule has 0 unspecified atom stereocenters. The number of carbonyl (C=O) groups excluding carboxylic acids is 5. The number of hydrogen-bond donors (Lipinski definition) is 6. The van der Waals surface area contributed by atoms with Crippen LogP contribution in [0.3, 0.4) is 0 Å². The maximum Gasteiger partial charge on any atom is 0.408 e. The Labute approximate surface area is 389 Å². The van der Waals surface area contributed by atoms with Crippen molar-refractivity contribution < 1.29 is 68.1 Å². The van der Waals surface area contributed by atoms with Crippen molar-refractivity contribution in [2.45, 2.75) is 85.3 Å². The van der Waals surface area contributed by atoms with Gasteiger partial charge in [-0.05, 0) is 37.6 Å². The van der Waals surface area contributed by atoms with E-state index in [0.29, 0.717) is 11.1 Å². The number of alkyl carbamates (subject to hydrolysis) is 1. The summed E-state index contributed by atoms with van der Waals surface area (Å²) >= 11 is 0.